The van der Waals surface area contributed by atoms with Crippen LogP contribution in [0.1, 0.15) is 22.4 Å². The van der Waals surface area contributed by atoms with Crippen LogP contribution in [0.5, 0.6) is 0 Å². The first-order chi connectivity index (χ1) is 8.11. The highest BCUT2D eigenvalue weighted by Crippen LogP contribution is 2.14. The molecule has 0 fully saturated rings. The Hall–Kier alpha value is -1.68. The van der Waals surface area contributed by atoms with Gasteiger partial charge in [0.15, 0.2) is 0 Å². The molecule has 0 aliphatic heterocycles. The number of rotatable bonds is 3. The molecule has 2 rings (SSSR count). The molecular weight excluding hydrogens is 217 g/mol. The molecule has 1 aromatic heterocycles. The van der Waals surface area contributed by atoms with Crippen molar-refractivity contribution in [3.8, 4) is 0 Å². The van der Waals surface area contributed by atoms with E-state index in [2.05, 4.69) is 5.10 Å². The fourth-order valence-corrected chi connectivity index (χ4v) is 1.84. The van der Waals surface area contributed by atoms with Crippen LogP contribution < -0.4 is 5.73 Å². The van der Waals surface area contributed by atoms with Crippen LogP contribution in [0.25, 0.3) is 0 Å². The predicted molar refractivity (Wildman–Crippen MR) is 65.1 cm³/mol. The summed E-state index contributed by atoms with van der Waals surface area (Å²) in [6.45, 7) is 5.04. The molecular formula is C13H16FN3. The highest BCUT2D eigenvalue weighted by atomic mass is 19.1. The van der Waals surface area contributed by atoms with Crippen molar-refractivity contribution < 1.29 is 4.39 Å². The van der Waals surface area contributed by atoms with Gasteiger partial charge in [-0.15, -0.1) is 0 Å². The van der Waals surface area contributed by atoms with Crippen molar-refractivity contribution in [3.63, 3.8) is 0 Å². The predicted octanol–water partition coefficient (Wildman–Crippen LogP) is 2.15. The van der Waals surface area contributed by atoms with Crippen molar-refractivity contribution >= 4 is 0 Å². The Morgan fingerprint density at radius 3 is 2.65 bits per heavy atom. The van der Waals surface area contributed by atoms with Gasteiger partial charge in [-0.1, -0.05) is 6.07 Å². The Balaban J connectivity index is 2.28. The zero-order valence-corrected chi connectivity index (χ0v) is 10.1. The van der Waals surface area contributed by atoms with Gasteiger partial charge in [0.25, 0.3) is 0 Å². The second-order valence-corrected chi connectivity index (χ2v) is 4.19. The fourth-order valence-electron chi connectivity index (χ4n) is 1.84. The van der Waals surface area contributed by atoms with E-state index in [1.165, 1.54) is 12.1 Å². The van der Waals surface area contributed by atoms with Gasteiger partial charge in [-0.2, -0.15) is 5.10 Å². The molecule has 0 unspecified atom stereocenters. The number of benzene rings is 1. The number of aromatic nitrogens is 2. The average molecular weight is 233 g/mol. The summed E-state index contributed by atoms with van der Waals surface area (Å²) in [6, 6.07) is 4.82. The van der Waals surface area contributed by atoms with Gasteiger partial charge in [0.1, 0.15) is 5.82 Å². The first kappa shape index (κ1) is 11.8. The Kier molecular flexibility index (Phi) is 3.24. The Labute approximate surface area is 100 Å². The molecule has 2 aromatic rings. The van der Waals surface area contributed by atoms with Crippen molar-refractivity contribution in [1.82, 2.24) is 9.78 Å². The highest BCUT2D eigenvalue weighted by molar-refractivity contribution is 5.27. The van der Waals surface area contributed by atoms with Crippen molar-refractivity contribution in [3.05, 3.63) is 52.6 Å². The molecule has 0 saturated heterocycles. The van der Waals surface area contributed by atoms with Crippen LogP contribution in [0, 0.1) is 19.7 Å². The smallest absolute Gasteiger partial charge is 0.123 e. The maximum Gasteiger partial charge on any atom is 0.123 e. The van der Waals surface area contributed by atoms with Gasteiger partial charge in [0.2, 0.25) is 0 Å². The van der Waals surface area contributed by atoms with E-state index in [-0.39, 0.29) is 5.82 Å². The standard InChI is InChI=1S/C13H16FN3/c1-9-5-13(14)4-3-11(9)8-17-10(2)12(6-15)7-16-17/h3-5,7H,6,8,15H2,1-2H3. The van der Waals surface area contributed by atoms with E-state index in [1.807, 2.05) is 18.5 Å². The van der Waals surface area contributed by atoms with Gasteiger partial charge < -0.3 is 5.73 Å². The second-order valence-electron chi connectivity index (χ2n) is 4.19. The number of nitrogens with two attached hydrogens (primary N) is 1. The molecule has 0 bridgehead atoms. The normalized spacial score (nSPS) is 10.8. The van der Waals surface area contributed by atoms with E-state index in [9.17, 15) is 4.39 Å². The fraction of sp³-hybridized carbons (Fsp3) is 0.308. The minimum Gasteiger partial charge on any atom is -0.326 e. The van der Waals surface area contributed by atoms with Crippen LogP contribution in [0.2, 0.25) is 0 Å². The first-order valence-electron chi connectivity index (χ1n) is 5.58. The summed E-state index contributed by atoms with van der Waals surface area (Å²) >= 11 is 0. The van der Waals surface area contributed by atoms with Crippen LogP contribution in [0.15, 0.2) is 24.4 Å². The number of hydrogen-bond acceptors (Lipinski definition) is 2. The first-order valence-corrected chi connectivity index (χ1v) is 5.58. The molecule has 0 radical (unpaired) electrons. The van der Waals surface area contributed by atoms with E-state index in [4.69, 9.17) is 5.73 Å². The van der Waals surface area contributed by atoms with Crippen molar-refractivity contribution in [2.24, 2.45) is 5.73 Å². The maximum absolute atomic E-state index is 13.0. The second kappa shape index (κ2) is 4.67. The zero-order valence-electron chi connectivity index (χ0n) is 10.1. The SMILES string of the molecule is Cc1cc(F)ccc1Cn1ncc(CN)c1C. The van der Waals surface area contributed by atoms with Crippen LogP contribution >= 0.6 is 0 Å². The Bertz CT molecular complexity index is 531. The lowest BCUT2D eigenvalue weighted by atomic mass is 10.1. The summed E-state index contributed by atoms with van der Waals surface area (Å²) in [5.41, 5.74) is 9.73. The highest BCUT2D eigenvalue weighted by Gasteiger charge is 2.07. The van der Waals surface area contributed by atoms with Crippen molar-refractivity contribution in [1.29, 1.82) is 0 Å². The number of hydrogen-bond donors (Lipinski definition) is 1. The monoisotopic (exact) mass is 233 g/mol. The van der Waals surface area contributed by atoms with E-state index in [0.717, 1.165) is 22.4 Å². The Morgan fingerprint density at radius 2 is 2.06 bits per heavy atom. The Morgan fingerprint density at radius 1 is 1.29 bits per heavy atom. The van der Waals surface area contributed by atoms with Crippen LogP contribution in [0.4, 0.5) is 4.39 Å². The average Bonchev–Trinajstić information content (AvgIpc) is 2.64. The lowest BCUT2D eigenvalue weighted by molar-refractivity contribution is 0.620. The summed E-state index contributed by atoms with van der Waals surface area (Å²) in [5, 5.41) is 4.29. The molecule has 0 aliphatic carbocycles. The van der Waals surface area contributed by atoms with Gasteiger partial charge in [-0.05, 0) is 37.1 Å². The quantitative estimate of drug-likeness (QED) is 0.882. The summed E-state index contributed by atoms with van der Waals surface area (Å²) < 4.78 is 14.9. The third-order valence-corrected chi connectivity index (χ3v) is 3.05. The van der Waals surface area contributed by atoms with Gasteiger partial charge in [-0.3, -0.25) is 4.68 Å². The van der Waals surface area contributed by atoms with Gasteiger partial charge >= 0.3 is 0 Å². The van der Waals surface area contributed by atoms with Gasteiger partial charge in [0, 0.05) is 17.8 Å². The molecule has 1 aromatic carbocycles. The summed E-state index contributed by atoms with van der Waals surface area (Å²) in [6.07, 6.45) is 1.79. The topological polar surface area (TPSA) is 43.8 Å². The largest absolute Gasteiger partial charge is 0.326 e. The molecule has 2 N–H and O–H groups in total. The van der Waals surface area contributed by atoms with Crippen LogP contribution in [-0.4, -0.2) is 9.78 Å². The summed E-state index contributed by atoms with van der Waals surface area (Å²) in [5.74, 6) is -0.203. The van der Waals surface area contributed by atoms with Crippen LogP contribution in [0.3, 0.4) is 0 Å². The molecule has 0 atom stereocenters. The maximum atomic E-state index is 13.0. The molecule has 0 aliphatic rings. The molecule has 4 heteroatoms. The van der Waals surface area contributed by atoms with Gasteiger partial charge in [-0.25, -0.2) is 4.39 Å². The molecule has 90 valence electrons. The lowest BCUT2D eigenvalue weighted by Gasteiger charge is -2.08. The molecule has 1 heterocycles. The molecule has 0 saturated carbocycles. The van der Waals surface area contributed by atoms with Gasteiger partial charge in [0.05, 0.1) is 12.7 Å². The number of halogens is 1. The number of nitrogens with zero attached hydrogens (tertiary/aromatic N) is 2. The van der Waals surface area contributed by atoms with E-state index < -0.39 is 0 Å². The summed E-state index contributed by atoms with van der Waals surface area (Å²) in [4.78, 5) is 0. The molecule has 0 spiro atoms. The third-order valence-electron chi connectivity index (χ3n) is 3.05. The minimum atomic E-state index is -0.203. The van der Waals surface area contributed by atoms with Crippen LogP contribution in [-0.2, 0) is 13.1 Å². The van der Waals surface area contributed by atoms with E-state index in [1.54, 1.807) is 12.3 Å². The molecule has 17 heavy (non-hydrogen) atoms. The van der Waals surface area contributed by atoms with E-state index >= 15 is 0 Å². The molecule has 3 nitrogen and oxygen atoms in total. The lowest BCUT2D eigenvalue weighted by Crippen LogP contribution is -2.06. The van der Waals surface area contributed by atoms with Crippen molar-refractivity contribution in [2.75, 3.05) is 0 Å². The van der Waals surface area contributed by atoms with E-state index in [0.29, 0.717) is 13.1 Å². The minimum absolute atomic E-state index is 0.203. The van der Waals surface area contributed by atoms with Crippen molar-refractivity contribution in [2.45, 2.75) is 26.9 Å². The zero-order chi connectivity index (χ0) is 12.4. The molecule has 0 amide bonds. The number of aryl methyl sites for hydroxylation is 1. The summed E-state index contributed by atoms with van der Waals surface area (Å²) in [7, 11) is 0. The third kappa shape index (κ3) is 2.36.